The van der Waals surface area contributed by atoms with Gasteiger partial charge in [0, 0.05) is 36.6 Å². The number of anilines is 4. The van der Waals surface area contributed by atoms with Gasteiger partial charge in [-0.3, -0.25) is 19.2 Å². The highest BCUT2D eigenvalue weighted by molar-refractivity contribution is 5.94. The molecule has 0 saturated carbocycles. The number of amides is 4. The number of hydrogen-bond donors (Lipinski definition) is 4. The molecular formula is C26H26N4O6. The van der Waals surface area contributed by atoms with Crippen LogP contribution in [0.1, 0.15) is 13.8 Å². The summed E-state index contributed by atoms with van der Waals surface area (Å²) in [4.78, 5) is 46.7. The van der Waals surface area contributed by atoms with Crippen LogP contribution in [0.2, 0.25) is 0 Å². The van der Waals surface area contributed by atoms with E-state index in [4.69, 9.17) is 9.47 Å². The molecule has 4 amide bonds. The second-order valence-electron chi connectivity index (χ2n) is 7.64. The largest absolute Gasteiger partial charge is 0.480 e. The Labute approximate surface area is 208 Å². The molecule has 0 bridgehead atoms. The Bertz CT molecular complexity index is 1130. The van der Waals surface area contributed by atoms with Gasteiger partial charge in [0.25, 0.3) is 11.8 Å². The van der Waals surface area contributed by atoms with E-state index >= 15 is 0 Å². The Balaban J connectivity index is 1.48. The van der Waals surface area contributed by atoms with Gasteiger partial charge < -0.3 is 30.7 Å². The van der Waals surface area contributed by atoms with Gasteiger partial charge in [-0.25, -0.2) is 0 Å². The van der Waals surface area contributed by atoms with Crippen molar-refractivity contribution >= 4 is 46.4 Å². The summed E-state index contributed by atoms with van der Waals surface area (Å²) in [6, 6.07) is 20.0. The maximum Gasteiger partial charge on any atom is 0.262 e. The highest BCUT2D eigenvalue weighted by atomic mass is 16.5. The normalized spacial score (nSPS) is 10.1. The minimum Gasteiger partial charge on any atom is -0.480 e. The van der Waals surface area contributed by atoms with E-state index in [0.29, 0.717) is 34.2 Å². The van der Waals surface area contributed by atoms with Crippen molar-refractivity contribution in [3.8, 4) is 11.5 Å². The molecule has 3 aromatic carbocycles. The van der Waals surface area contributed by atoms with Crippen LogP contribution >= 0.6 is 0 Å². The lowest BCUT2D eigenvalue weighted by Gasteiger charge is -2.13. The van der Waals surface area contributed by atoms with Gasteiger partial charge in [-0.2, -0.15) is 0 Å². The maximum atomic E-state index is 12.3. The summed E-state index contributed by atoms with van der Waals surface area (Å²) >= 11 is 0. The predicted molar refractivity (Wildman–Crippen MR) is 136 cm³/mol. The monoisotopic (exact) mass is 490 g/mol. The molecule has 3 rings (SSSR count). The first-order valence-corrected chi connectivity index (χ1v) is 11.0. The van der Waals surface area contributed by atoms with Crippen molar-refractivity contribution in [2.24, 2.45) is 0 Å². The predicted octanol–water partition coefficient (Wildman–Crippen LogP) is 3.64. The Kier molecular flexibility index (Phi) is 8.99. The van der Waals surface area contributed by atoms with Crippen molar-refractivity contribution in [1.29, 1.82) is 0 Å². The van der Waals surface area contributed by atoms with Crippen molar-refractivity contribution < 1.29 is 28.7 Å². The second-order valence-corrected chi connectivity index (χ2v) is 7.64. The molecule has 0 atom stereocenters. The Morgan fingerprint density at radius 2 is 0.833 bits per heavy atom. The molecule has 0 aliphatic carbocycles. The molecule has 0 heterocycles. The summed E-state index contributed by atoms with van der Waals surface area (Å²) in [7, 11) is 0. The molecule has 3 aromatic rings. The Hall–Kier alpha value is -4.86. The maximum absolute atomic E-state index is 12.3. The molecular weight excluding hydrogens is 464 g/mol. The van der Waals surface area contributed by atoms with E-state index in [-0.39, 0.29) is 25.0 Å². The highest BCUT2D eigenvalue weighted by Gasteiger charge is 2.11. The summed E-state index contributed by atoms with van der Waals surface area (Å²) in [6.07, 6.45) is 0. The number of carbonyl (C=O) groups excluding carboxylic acids is 4. The molecule has 0 radical (unpaired) electrons. The van der Waals surface area contributed by atoms with E-state index in [2.05, 4.69) is 21.3 Å². The van der Waals surface area contributed by atoms with Gasteiger partial charge in [0.1, 0.15) is 0 Å². The number of nitrogens with one attached hydrogen (secondary N) is 4. The summed E-state index contributed by atoms with van der Waals surface area (Å²) in [5, 5.41) is 10.7. The Morgan fingerprint density at radius 1 is 0.528 bits per heavy atom. The van der Waals surface area contributed by atoms with Gasteiger partial charge >= 0.3 is 0 Å². The lowest BCUT2D eigenvalue weighted by atomic mass is 10.2. The molecule has 0 unspecified atom stereocenters. The number of rotatable bonds is 10. The third-order valence-electron chi connectivity index (χ3n) is 4.54. The van der Waals surface area contributed by atoms with Crippen molar-refractivity contribution in [3.05, 3.63) is 72.8 Å². The topological polar surface area (TPSA) is 135 Å². The summed E-state index contributed by atoms with van der Waals surface area (Å²) in [6.45, 7) is 2.27. The van der Waals surface area contributed by atoms with Crippen LogP contribution in [0, 0.1) is 0 Å². The number of benzene rings is 3. The molecule has 36 heavy (non-hydrogen) atoms. The minimum atomic E-state index is -0.391. The van der Waals surface area contributed by atoms with E-state index < -0.39 is 11.8 Å². The summed E-state index contributed by atoms with van der Waals surface area (Å²) in [5.41, 5.74) is 2.33. The van der Waals surface area contributed by atoms with Crippen LogP contribution in [0.15, 0.2) is 72.8 Å². The van der Waals surface area contributed by atoms with Crippen LogP contribution in [0.25, 0.3) is 0 Å². The van der Waals surface area contributed by atoms with Crippen molar-refractivity contribution in [2.75, 3.05) is 34.5 Å². The first kappa shape index (κ1) is 25.8. The van der Waals surface area contributed by atoms with Gasteiger partial charge in [-0.1, -0.05) is 12.1 Å². The standard InChI is InChI=1S/C26H26N4O6/c1-17(31)27-19-7-11-21(12-8-19)29-25(33)15-35-23-5-3-4-6-24(23)36-16-26(34)30-22-13-9-20(10-14-22)28-18(2)32/h3-14H,15-16H2,1-2H3,(H,27,31)(H,28,32)(H,29,33)(H,30,34). The summed E-state index contributed by atoms with van der Waals surface area (Å²) in [5.74, 6) is -0.538. The summed E-state index contributed by atoms with van der Waals surface area (Å²) < 4.78 is 11.2. The van der Waals surface area contributed by atoms with E-state index in [9.17, 15) is 19.2 Å². The van der Waals surface area contributed by atoms with Crippen LogP contribution in [-0.4, -0.2) is 36.8 Å². The fraction of sp³-hybridized carbons (Fsp3) is 0.154. The number of carbonyl (C=O) groups is 4. The van der Waals surface area contributed by atoms with E-state index in [0.717, 1.165) is 0 Å². The first-order valence-electron chi connectivity index (χ1n) is 11.0. The minimum absolute atomic E-state index is 0.184. The zero-order valence-corrected chi connectivity index (χ0v) is 19.8. The lowest BCUT2D eigenvalue weighted by molar-refractivity contribution is -0.119. The van der Waals surface area contributed by atoms with Gasteiger partial charge in [0.2, 0.25) is 11.8 Å². The molecule has 186 valence electrons. The molecule has 0 fully saturated rings. The van der Waals surface area contributed by atoms with E-state index in [1.54, 1.807) is 72.8 Å². The van der Waals surface area contributed by atoms with Crippen LogP contribution in [0.5, 0.6) is 11.5 Å². The highest BCUT2D eigenvalue weighted by Crippen LogP contribution is 2.26. The van der Waals surface area contributed by atoms with Crippen LogP contribution in [0.4, 0.5) is 22.7 Å². The van der Waals surface area contributed by atoms with Crippen molar-refractivity contribution in [2.45, 2.75) is 13.8 Å². The van der Waals surface area contributed by atoms with Crippen LogP contribution < -0.4 is 30.7 Å². The third kappa shape index (κ3) is 8.49. The average molecular weight is 491 g/mol. The molecule has 0 aromatic heterocycles. The van der Waals surface area contributed by atoms with E-state index in [1.165, 1.54) is 13.8 Å². The third-order valence-corrected chi connectivity index (χ3v) is 4.54. The van der Waals surface area contributed by atoms with Gasteiger partial charge in [0.05, 0.1) is 0 Å². The number of para-hydroxylation sites is 2. The van der Waals surface area contributed by atoms with E-state index in [1.807, 2.05) is 0 Å². The van der Waals surface area contributed by atoms with Gasteiger partial charge in [-0.15, -0.1) is 0 Å². The van der Waals surface area contributed by atoms with Crippen LogP contribution in [0.3, 0.4) is 0 Å². The van der Waals surface area contributed by atoms with Crippen molar-refractivity contribution in [3.63, 3.8) is 0 Å². The molecule has 0 saturated heterocycles. The smallest absolute Gasteiger partial charge is 0.262 e. The van der Waals surface area contributed by atoms with Crippen LogP contribution in [-0.2, 0) is 19.2 Å². The first-order chi connectivity index (χ1) is 17.3. The lowest BCUT2D eigenvalue weighted by Crippen LogP contribution is -2.22. The zero-order chi connectivity index (χ0) is 25.9. The average Bonchev–Trinajstić information content (AvgIpc) is 2.84. The number of ether oxygens (including phenoxy) is 2. The molecule has 4 N–H and O–H groups in total. The second kappa shape index (κ2) is 12.6. The molecule has 10 heteroatoms. The zero-order valence-electron chi connectivity index (χ0n) is 19.8. The Morgan fingerprint density at radius 3 is 1.14 bits per heavy atom. The van der Waals surface area contributed by atoms with Gasteiger partial charge in [-0.05, 0) is 60.7 Å². The molecule has 0 aliphatic heterocycles. The molecule has 0 aliphatic rings. The number of hydrogen-bond acceptors (Lipinski definition) is 6. The quantitative estimate of drug-likeness (QED) is 0.343. The van der Waals surface area contributed by atoms with Gasteiger partial charge in [0.15, 0.2) is 24.7 Å². The molecule has 0 spiro atoms. The SMILES string of the molecule is CC(=O)Nc1ccc(NC(=O)COc2ccccc2OCC(=O)Nc2ccc(NC(C)=O)cc2)cc1. The van der Waals surface area contributed by atoms with Crippen molar-refractivity contribution in [1.82, 2.24) is 0 Å². The fourth-order valence-corrected chi connectivity index (χ4v) is 3.05. The molecule has 10 nitrogen and oxygen atoms in total. The fourth-order valence-electron chi connectivity index (χ4n) is 3.05.